The van der Waals surface area contributed by atoms with Crippen molar-refractivity contribution in [3.63, 3.8) is 0 Å². The number of pyridine rings is 1. The van der Waals surface area contributed by atoms with Crippen molar-refractivity contribution in [3.8, 4) is 23.1 Å². The molecule has 0 amide bonds. The van der Waals surface area contributed by atoms with E-state index in [0.29, 0.717) is 45.4 Å². The van der Waals surface area contributed by atoms with Gasteiger partial charge in [-0.15, -0.1) is 0 Å². The predicted octanol–water partition coefficient (Wildman–Crippen LogP) is 5.81. The molecule has 0 unspecified atom stereocenters. The van der Waals surface area contributed by atoms with Crippen molar-refractivity contribution >= 4 is 34.0 Å². The van der Waals surface area contributed by atoms with Gasteiger partial charge in [0.15, 0.2) is 5.82 Å². The van der Waals surface area contributed by atoms with Crippen LogP contribution < -0.4 is 20.1 Å². The van der Waals surface area contributed by atoms with E-state index in [0.717, 1.165) is 31.5 Å². The number of nitrogen functional groups attached to an aromatic ring is 1. The summed E-state index contributed by atoms with van der Waals surface area (Å²) in [6, 6.07) is 1.75. The van der Waals surface area contributed by atoms with Gasteiger partial charge in [-0.05, 0) is 44.4 Å². The molecule has 3 fully saturated rings. The van der Waals surface area contributed by atoms with Crippen molar-refractivity contribution in [2.24, 2.45) is 0 Å². The maximum absolute atomic E-state index is 16.7. The minimum atomic E-state index is -4.95. The van der Waals surface area contributed by atoms with Gasteiger partial charge in [-0.25, -0.2) is 13.8 Å². The molecule has 1 aromatic carbocycles. The molecule has 0 saturated carbocycles. The Hall–Kier alpha value is -3.23. The van der Waals surface area contributed by atoms with Crippen LogP contribution in [0.1, 0.15) is 44.1 Å². The van der Waals surface area contributed by atoms with Crippen LogP contribution in [0.3, 0.4) is 0 Å². The number of halogens is 6. The van der Waals surface area contributed by atoms with Gasteiger partial charge in [0.1, 0.15) is 35.2 Å². The number of ether oxygens (including phenoxy) is 3. The second kappa shape index (κ2) is 10.9. The van der Waals surface area contributed by atoms with Crippen LogP contribution in [0.5, 0.6) is 11.9 Å². The van der Waals surface area contributed by atoms with Gasteiger partial charge < -0.3 is 24.8 Å². The minimum absolute atomic E-state index is 0.0764. The van der Waals surface area contributed by atoms with Crippen molar-refractivity contribution in [1.82, 2.24) is 19.9 Å². The van der Waals surface area contributed by atoms with Gasteiger partial charge in [-0.3, -0.25) is 4.90 Å². The van der Waals surface area contributed by atoms with Crippen molar-refractivity contribution in [2.45, 2.75) is 62.0 Å². The number of anilines is 2. The van der Waals surface area contributed by atoms with Crippen LogP contribution in [-0.2, 0) is 10.9 Å². The number of nitrogens with zero attached hydrogens (tertiary/aromatic N) is 5. The van der Waals surface area contributed by atoms with E-state index in [1.807, 2.05) is 11.9 Å². The summed E-state index contributed by atoms with van der Waals surface area (Å²) in [4.78, 5) is 17.4. The fraction of sp³-hybridized carbons (Fsp3) is 0.567. The highest BCUT2D eigenvalue weighted by atomic mass is 35.5. The number of benzene rings is 1. The van der Waals surface area contributed by atoms with E-state index in [-0.39, 0.29) is 47.5 Å². The molecule has 7 rings (SSSR count). The Morgan fingerprint density at radius 1 is 1.11 bits per heavy atom. The van der Waals surface area contributed by atoms with Crippen molar-refractivity contribution in [3.05, 3.63) is 28.5 Å². The van der Waals surface area contributed by atoms with Crippen LogP contribution in [-0.4, -0.2) is 83.7 Å². The monoisotopic (exact) mass is 654 g/mol. The predicted molar refractivity (Wildman–Crippen MR) is 157 cm³/mol. The third-order valence-corrected chi connectivity index (χ3v) is 10.2. The molecule has 242 valence electrons. The Morgan fingerprint density at radius 3 is 2.62 bits per heavy atom. The molecule has 2 atom stereocenters. The van der Waals surface area contributed by atoms with Crippen molar-refractivity contribution in [1.29, 1.82) is 0 Å². The number of hydrogen-bond donors (Lipinski definition) is 1. The summed E-state index contributed by atoms with van der Waals surface area (Å²) < 4.78 is 91.7. The normalized spacial score (nSPS) is 24.9. The van der Waals surface area contributed by atoms with Crippen LogP contribution in [0, 0.1) is 5.82 Å². The largest absolute Gasteiger partial charge is 0.477 e. The summed E-state index contributed by atoms with van der Waals surface area (Å²) in [6.45, 7) is 2.29. The number of aromatic nitrogens is 3. The SMILES string of the molecule is CN1c2nc(OC[C@@]34CCCN3C[C@H](F)C4)nc3c(F)c(-c4cc(N)cc(Cl)c4C(F)(F)F)nc(c23)OCCC12CCOCC2. The molecule has 15 heteroatoms. The second-order valence-corrected chi connectivity index (χ2v) is 12.8. The maximum Gasteiger partial charge on any atom is 0.418 e. The Bertz CT molecular complexity index is 1660. The first-order chi connectivity index (χ1) is 21.4. The number of rotatable bonds is 4. The van der Waals surface area contributed by atoms with Gasteiger partial charge in [-0.2, -0.15) is 23.1 Å². The third-order valence-electron chi connectivity index (χ3n) is 9.85. The van der Waals surface area contributed by atoms with Crippen LogP contribution in [0.15, 0.2) is 12.1 Å². The molecular formula is C30H32ClF5N6O3. The highest BCUT2D eigenvalue weighted by Gasteiger charge is 2.50. The van der Waals surface area contributed by atoms with E-state index < -0.39 is 51.1 Å². The summed E-state index contributed by atoms with van der Waals surface area (Å²) in [5.74, 6) is -1.000. The van der Waals surface area contributed by atoms with E-state index in [4.69, 9.17) is 36.5 Å². The molecule has 3 saturated heterocycles. The van der Waals surface area contributed by atoms with E-state index >= 15 is 4.39 Å². The lowest BCUT2D eigenvalue weighted by molar-refractivity contribution is -0.137. The Balaban J connectivity index is 1.42. The Labute approximate surface area is 260 Å². The van der Waals surface area contributed by atoms with Crippen LogP contribution in [0.4, 0.5) is 33.5 Å². The molecule has 0 bridgehead atoms. The Kier molecular flexibility index (Phi) is 7.40. The average Bonchev–Trinajstić information content (AvgIpc) is 3.51. The molecule has 3 aromatic rings. The molecule has 2 aromatic heterocycles. The van der Waals surface area contributed by atoms with E-state index in [1.165, 1.54) is 0 Å². The summed E-state index contributed by atoms with van der Waals surface area (Å²) >= 11 is 6.01. The molecule has 9 nitrogen and oxygen atoms in total. The zero-order valence-corrected chi connectivity index (χ0v) is 25.3. The minimum Gasteiger partial charge on any atom is -0.477 e. The lowest BCUT2D eigenvalue weighted by Gasteiger charge is -2.46. The smallest absolute Gasteiger partial charge is 0.418 e. The molecule has 4 aliphatic rings. The molecule has 2 N–H and O–H groups in total. The summed E-state index contributed by atoms with van der Waals surface area (Å²) in [6.07, 6.45) is -2.20. The van der Waals surface area contributed by atoms with E-state index in [9.17, 15) is 17.6 Å². The molecule has 45 heavy (non-hydrogen) atoms. The fourth-order valence-corrected chi connectivity index (χ4v) is 7.85. The van der Waals surface area contributed by atoms with Crippen LogP contribution >= 0.6 is 11.6 Å². The number of hydrogen-bond acceptors (Lipinski definition) is 9. The zero-order chi connectivity index (χ0) is 31.7. The second-order valence-electron chi connectivity index (χ2n) is 12.4. The highest BCUT2D eigenvalue weighted by Crippen LogP contribution is 2.48. The summed E-state index contributed by atoms with van der Waals surface area (Å²) in [7, 11) is 1.83. The van der Waals surface area contributed by atoms with Gasteiger partial charge >= 0.3 is 12.2 Å². The zero-order valence-electron chi connectivity index (χ0n) is 24.5. The quantitative estimate of drug-likeness (QED) is 0.276. The molecule has 0 aliphatic carbocycles. The molecule has 1 spiro atoms. The molecular weight excluding hydrogens is 623 g/mol. The highest BCUT2D eigenvalue weighted by molar-refractivity contribution is 6.32. The first kappa shape index (κ1) is 30.4. The van der Waals surface area contributed by atoms with Crippen molar-refractivity contribution in [2.75, 3.05) is 57.2 Å². The Morgan fingerprint density at radius 2 is 1.87 bits per heavy atom. The van der Waals surface area contributed by atoms with Gasteiger partial charge in [0, 0.05) is 56.4 Å². The average molecular weight is 655 g/mol. The van der Waals surface area contributed by atoms with Gasteiger partial charge in [0.05, 0.1) is 22.7 Å². The lowest BCUT2D eigenvalue weighted by Crippen LogP contribution is -2.52. The molecule has 4 aliphatic heterocycles. The third kappa shape index (κ3) is 5.09. The fourth-order valence-electron chi connectivity index (χ4n) is 7.51. The number of fused-ring (bicyclic) bond motifs is 1. The number of alkyl halides is 4. The molecule has 6 heterocycles. The van der Waals surface area contributed by atoms with Gasteiger partial charge in [0.25, 0.3) is 0 Å². The van der Waals surface area contributed by atoms with Gasteiger partial charge in [-0.1, -0.05) is 11.6 Å². The van der Waals surface area contributed by atoms with Crippen LogP contribution in [0.25, 0.3) is 22.2 Å². The van der Waals surface area contributed by atoms with Gasteiger partial charge in [0.2, 0.25) is 5.88 Å². The topological polar surface area (TPSA) is 98.9 Å². The summed E-state index contributed by atoms with van der Waals surface area (Å²) in [5.41, 5.74) is 1.84. The first-order valence-electron chi connectivity index (χ1n) is 14.9. The first-order valence-corrected chi connectivity index (χ1v) is 15.3. The maximum atomic E-state index is 16.7. The summed E-state index contributed by atoms with van der Waals surface area (Å²) in [5, 5.41) is -0.593. The lowest BCUT2D eigenvalue weighted by atomic mass is 9.84. The standard InChI is InChI=1S/C30H32ClF5N6O3/c1-41-25-20-24(39-27(40-25)45-15-29-3-2-7-42(29)14-16(32)13-29)22(33)23(18-11-17(37)12-19(31)21(18)30(34,35)36)38-26(20)44-10-6-28(41)4-8-43-9-5-28/h11-12,16H,2-10,13-15,37H2,1H3/t16-,29+/m1/s1. The van der Waals surface area contributed by atoms with Crippen LogP contribution in [0.2, 0.25) is 5.02 Å². The molecule has 0 radical (unpaired) electrons. The van der Waals surface area contributed by atoms with E-state index in [2.05, 4.69) is 14.9 Å². The number of nitrogens with two attached hydrogens (primary N) is 1. The van der Waals surface area contributed by atoms with Crippen molar-refractivity contribution < 1.29 is 36.2 Å². The van der Waals surface area contributed by atoms with E-state index in [1.54, 1.807) is 0 Å².